The van der Waals surface area contributed by atoms with Crippen molar-refractivity contribution in [3.63, 3.8) is 0 Å². The van der Waals surface area contributed by atoms with Crippen molar-refractivity contribution in [1.29, 1.82) is 21.0 Å². The van der Waals surface area contributed by atoms with Crippen LogP contribution >= 0.6 is 45.3 Å². The number of aryl methyl sites for hydroxylation is 4. The monoisotopic (exact) mass is 1200 g/mol. The number of thiophene rings is 4. The van der Waals surface area contributed by atoms with Gasteiger partial charge in [-0.25, -0.2) is 0 Å². The lowest BCUT2D eigenvalue weighted by Gasteiger charge is -2.34. The summed E-state index contributed by atoms with van der Waals surface area (Å²) in [7, 11) is 0. The number of allylic oxidation sites excluding steroid dienone is 6. The third-order valence-electron chi connectivity index (χ3n) is 18.3. The highest BCUT2D eigenvalue weighted by Crippen LogP contribution is 2.69. The molecule has 16 rings (SSSR count). The minimum absolute atomic E-state index is 0.0901. The molecule has 12 aromatic rings. The standard InChI is InChI=1S/C78H44N4O2S4/c1-41-13-21-49(22-14-41)77(50-23-15-42(2)16-24-50)63-35-65-45(29-53(85-65)33-61-67(47(37-79)38-80)55-9-5-7-11-57(55)71(61)83)31-59(63)73-69(77)75-76(87-73)70-74(88-75)60-32-46-30-54(34-62-68(48(39-81)40-82)56-10-6-8-12-58(56)72(62)84)86-66(46)36-64(60)78(70,51-25-17-43(3)18-26-51)52-27-19-44(4)20-28-52/h5-36H,1-4H3. The van der Waals surface area contributed by atoms with E-state index in [-0.39, 0.29) is 22.7 Å². The Morgan fingerprint density at radius 1 is 0.386 bits per heavy atom. The molecule has 0 unspecified atom stereocenters. The first-order valence-corrected chi connectivity index (χ1v) is 32.0. The Hall–Kier alpha value is -10.4. The van der Waals surface area contributed by atoms with E-state index >= 15 is 0 Å². The lowest BCUT2D eigenvalue weighted by Crippen LogP contribution is -2.29. The van der Waals surface area contributed by atoms with Crippen molar-refractivity contribution in [1.82, 2.24) is 0 Å². The molecule has 0 radical (unpaired) electrons. The van der Waals surface area contributed by atoms with E-state index in [9.17, 15) is 30.6 Å². The van der Waals surface area contributed by atoms with E-state index in [1.807, 2.05) is 71.2 Å². The quantitative estimate of drug-likeness (QED) is 0.120. The summed E-state index contributed by atoms with van der Waals surface area (Å²) in [5.41, 5.74) is 18.3. The predicted molar refractivity (Wildman–Crippen MR) is 358 cm³/mol. The zero-order chi connectivity index (χ0) is 60.1. The molecule has 4 heterocycles. The smallest absolute Gasteiger partial charge is 0.194 e. The van der Waals surface area contributed by atoms with Gasteiger partial charge in [-0.15, -0.1) is 45.3 Å². The van der Waals surface area contributed by atoms with E-state index < -0.39 is 10.8 Å². The van der Waals surface area contributed by atoms with Gasteiger partial charge in [0, 0.05) is 73.5 Å². The Kier molecular flexibility index (Phi) is 11.8. The molecule has 0 aliphatic heterocycles. The van der Waals surface area contributed by atoms with Gasteiger partial charge in [0.05, 0.1) is 20.2 Å². The Labute approximate surface area is 523 Å². The van der Waals surface area contributed by atoms with E-state index in [2.05, 4.69) is 185 Å². The molecule has 88 heavy (non-hydrogen) atoms. The van der Waals surface area contributed by atoms with Crippen molar-refractivity contribution >= 4 is 110 Å². The fourth-order valence-electron chi connectivity index (χ4n) is 14.3. The normalized spacial score (nSPS) is 15.5. The molecule has 0 saturated heterocycles. The van der Waals surface area contributed by atoms with Crippen molar-refractivity contribution < 1.29 is 9.59 Å². The van der Waals surface area contributed by atoms with Crippen LogP contribution in [0.5, 0.6) is 0 Å². The Morgan fingerprint density at radius 2 is 0.705 bits per heavy atom. The molecular formula is C78H44N4O2S4. The van der Waals surface area contributed by atoms with Gasteiger partial charge < -0.3 is 0 Å². The van der Waals surface area contributed by atoms with Crippen LogP contribution in [0.4, 0.5) is 0 Å². The van der Waals surface area contributed by atoms with Gasteiger partial charge >= 0.3 is 0 Å². The maximum atomic E-state index is 14.2. The van der Waals surface area contributed by atoms with Crippen LogP contribution in [0.1, 0.15) is 108 Å². The predicted octanol–water partition coefficient (Wildman–Crippen LogP) is 19.5. The second-order valence-electron chi connectivity index (χ2n) is 23.2. The van der Waals surface area contributed by atoms with E-state index in [1.165, 1.54) is 41.4 Å². The summed E-state index contributed by atoms with van der Waals surface area (Å²) >= 11 is 6.97. The van der Waals surface area contributed by atoms with Gasteiger partial charge in [0.25, 0.3) is 0 Å². The maximum absolute atomic E-state index is 14.2. The summed E-state index contributed by atoms with van der Waals surface area (Å²) in [4.78, 5) is 32.6. The van der Waals surface area contributed by atoms with Gasteiger partial charge in [-0.2, -0.15) is 21.0 Å². The summed E-state index contributed by atoms with van der Waals surface area (Å²) in [5.74, 6) is -0.412. The number of carbonyl (C=O) groups excluding carboxylic acids is 2. The van der Waals surface area contributed by atoms with Gasteiger partial charge in [0.2, 0.25) is 0 Å². The van der Waals surface area contributed by atoms with Crippen molar-refractivity contribution in [2.75, 3.05) is 0 Å². The van der Waals surface area contributed by atoms with Crippen LogP contribution < -0.4 is 0 Å². The number of ketones is 2. The Morgan fingerprint density at radius 3 is 1.02 bits per heavy atom. The summed E-state index contributed by atoms with van der Waals surface area (Å²) < 4.78 is 4.56. The molecule has 0 spiro atoms. The summed E-state index contributed by atoms with van der Waals surface area (Å²) in [6.45, 7) is 8.54. The van der Waals surface area contributed by atoms with Crippen molar-refractivity contribution in [2.45, 2.75) is 38.5 Å². The van der Waals surface area contributed by atoms with Crippen LogP contribution in [-0.2, 0) is 10.8 Å². The van der Waals surface area contributed by atoms with Gasteiger partial charge in [-0.3, -0.25) is 9.59 Å². The van der Waals surface area contributed by atoms with Crippen LogP contribution in [0, 0.1) is 73.0 Å². The molecule has 4 aliphatic carbocycles. The van der Waals surface area contributed by atoms with Crippen LogP contribution in [0.2, 0.25) is 0 Å². The highest BCUT2D eigenvalue weighted by Gasteiger charge is 2.54. The molecule has 0 fully saturated rings. The van der Waals surface area contributed by atoms with E-state index in [4.69, 9.17) is 0 Å². The molecule has 0 atom stereocenters. The van der Waals surface area contributed by atoms with E-state index in [1.54, 1.807) is 34.8 Å². The van der Waals surface area contributed by atoms with Gasteiger partial charge in [-0.1, -0.05) is 168 Å². The molecular weight excluding hydrogens is 1150 g/mol. The highest BCUT2D eigenvalue weighted by atomic mass is 32.1. The number of hydrogen-bond acceptors (Lipinski definition) is 10. The fraction of sp³-hybridized carbons (Fsp3) is 0.0769. The third-order valence-corrected chi connectivity index (χ3v) is 23.0. The molecule has 0 N–H and O–H groups in total. The lowest BCUT2D eigenvalue weighted by atomic mass is 9.66. The molecule has 8 aromatic carbocycles. The van der Waals surface area contributed by atoms with E-state index in [0.717, 1.165) is 85.6 Å². The third kappa shape index (κ3) is 7.33. The number of nitriles is 4. The molecule has 0 amide bonds. The number of Topliss-reactive ketones (excluding diaryl/α,β-unsaturated/α-hetero) is 2. The topological polar surface area (TPSA) is 129 Å². The average Bonchev–Trinajstić information content (AvgIpc) is 1.49. The summed E-state index contributed by atoms with van der Waals surface area (Å²) in [6, 6.07) is 72.8. The maximum Gasteiger partial charge on any atom is 0.194 e. The second kappa shape index (κ2) is 19.6. The van der Waals surface area contributed by atoms with E-state index in [0.29, 0.717) is 44.5 Å². The fourth-order valence-corrected chi connectivity index (χ4v) is 19.6. The number of nitrogens with zero attached hydrogens (tertiary/aromatic N) is 4. The number of fused-ring (bicyclic) bond motifs is 13. The molecule has 10 heteroatoms. The largest absolute Gasteiger partial charge is 0.289 e. The van der Waals surface area contributed by atoms with Crippen molar-refractivity contribution in [3.05, 3.63) is 303 Å². The number of hydrogen-bond donors (Lipinski definition) is 0. The van der Waals surface area contributed by atoms with Crippen LogP contribution in [0.3, 0.4) is 0 Å². The zero-order valence-electron chi connectivity index (χ0n) is 47.7. The first-order chi connectivity index (χ1) is 42.9. The lowest BCUT2D eigenvalue weighted by molar-refractivity contribution is 0.103. The minimum atomic E-state index is -0.784. The summed E-state index contributed by atoms with van der Waals surface area (Å²) in [5, 5.41) is 42.8. The van der Waals surface area contributed by atoms with Crippen molar-refractivity contribution in [2.24, 2.45) is 0 Å². The first-order valence-electron chi connectivity index (χ1n) is 28.7. The first kappa shape index (κ1) is 53.1. The number of benzene rings is 8. The highest BCUT2D eigenvalue weighted by molar-refractivity contribution is 7.32. The van der Waals surface area contributed by atoms with Gasteiger partial charge in [0.1, 0.15) is 35.4 Å². The Bertz CT molecular complexity index is 5020. The summed E-state index contributed by atoms with van der Waals surface area (Å²) in [6.07, 6.45) is 3.73. The second-order valence-corrected chi connectivity index (χ2v) is 27.5. The molecule has 412 valence electrons. The number of rotatable bonds is 6. The Balaban J connectivity index is 0.975. The minimum Gasteiger partial charge on any atom is -0.289 e. The van der Waals surface area contributed by atoms with Gasteiger partial charge in [0.15, 0.2) is 11.6 Å². The zero-order valence-corrected chi connectivity index (χ0v) is 51.0. The average molecular weight is 1200 g/mol. The molecule has 4 aliphatic rings. The molecule has 0 saturated carbocycles. The number of carbonyl (C=O) groups is 2. The molecule has 0 bridgehead atoms. The molecule has 4 aromatic heterocycles. The SMILES string of the molecule is Cc1ccc(C2(c3ccc(C)cc3)c3cc4sc(C=C5C(=O)c6ccccc6C5=C(C#N)C#N)cc4cc3-c3sc4c5c(sc4c32)-c2cc3cc(C=C4C(=O)c6ccccc6C4=C(C#N)C#N)sc3cc2C5(c2ccc(C)cc2)c2ccc(C)cc2)cc1. The van der Waals surface area contributed by atoms with Crippen LogP contribution in [-0.4, -0.2) is 11.6 Å². The van der Waals surface area contributed by atoms with Crippen LogP contribution in [0.25, 0.3) is 73.8 Å². The van der Waals surface area contributed by atoms with Crippen molar-refractivity contribution in [3.8, 4) is 45.2 Å². The van der Waals surface area contributed by atoms with Gasteiger partial charge in [-0.05, 0) is 143 Å². The van der Waals surface area contributed by atoms with Crippen LogP contribution in [0.15, 0.2) is 204 Å². The molecule has 6 nitrogen and oxygen atoms in total.